The number of amides is 2. The number of rotatable bonds is 8. The van der Waals surface area contributed by atoms with E-state index in [0.29, 0.717) is 12.6 Å². The van der Waals surface area contributed by atoms with Crippen LogP contribution in [0, 0.1) is 0 Å². The molecule has 1 aliphatic heterocycles. The zero-order valence-electron chi connectivity index (χ0n) is 17.2. The van der Waals surface area contributed by atoms with E-state index in [1.54, 1.807) is 14.2 Å². The molecule has 2 amide bonds. The van der Waals surface area contributed by atoms with Gasteiger partial charge in [0.2, 0.25) is 0 Å². The van der Waals surface area contributed by atoms with Gasteiger partial charge in [-0.15, -0.1) is 0 Å². The summed E-state index contributed by atoms with van der Waals surface area (Å²) in [5.41, 5.74) is 1.04. The van der Waals surface area contributed by atoms with E-state index in [2.05, 4.69) is 5.32 Å². The molecule has 0 aromatic heterocycles. The number of carbonyl (C=O) groups is 1. The fraction of sp³-hybridized carbons (Fsp3) is 0.682. The zero-order chi connectivity index (χ0) is 19.8. The van der Waals surface area contributed by atoms with Gasteiger partial charge in [0.15, 0.2) is 0 Å². The highest BCUT2D eigenvalue weighted by Crippen LogP contribution is 2.38. The van der Waals surface area contributed by atoms with Gasteiger partial charge in [-0.1, -0.05) is 19.3 Å². The lowest BCUT2D eigenvalue weighted by molar-refractivity contribution is 0.0274. The number of nitrogens with one attached hydrogen (secondary N) is 1. The van der Waals surface area contributed by atoms with Gasteiger partial charge in [-0.3, -0.25) is 0 Å². The van der Waals surface area contributed by atoms with Crippen LogP contribution in [0.15, 0.2) is 18.2 Å². The molecule has 0 spiro atoms. The molecular weight excluding hydrogens is 356 g/mol. The van der Waals surface area contributed by atoms with Crippen LogP contribution >= 0.6 is 0 Å². The van der Waals surface area contributed by atoms with Crippen molar-refractivity contribution in [1.82, 2.24) is 10.2 Å². The van der Waals surface area contributed by atoms with Crippen molar-refractivity contribution in [1.29, 1.82) is 0 Å². The average molecular weight is 391 g/mol. The maximum Gasteiger partial charge on any atom is 0.317 e. The Labute approximate surface area is 168 Å². The van der Waals surface area contributed by atoms with Gasteiger partial charge in [0, 0.05) is 31.3 Å². The van der Waals surface area contributed by atoms with Crippen LogP contribution in [0.2, 0.25) is 0 Å². The molecule has 156 valence electrons. The minimum atomic E-state index is -0.00182. The highest BCUT2D eigenvalue weighted by molar-refractivity contribution is 5.75. The molecule has 2 aliphatic rings. The van der Waals surface area contributed by atoms with Gasteiger partial charge in [-0.05, 0) is 44.2 Å². The lowest BCUT2D eigenvalue weighted by Gasteiger charge is -2.27. The summed E-state index contributed by atoms with van der Waals surface area (Å²) < 4.78 is 16.8. The molecule has 28 heavy (non-hydrogen) atoms. The molecule has 1 saturated heterocycles. The maximum absolute atomic E-state index is 12.7. The summed E-state index contributed by atoms with van der Waals surface area (Å²) in [7, 11) is 3.30. The Morgan fingerprint density at radius 2 is 1.93 bits per heavy atom. The highest BCUT2D eigenvalue weighted by Gasteiger charge is 2.31. The fourth-order valence-electron chi connectivity index (χ4n) is 4.28. The second-order valence-electron chi connectivity index (χ2n) is 7.68. The van der Waals surface area contributed by atoms with Crippen molar-refractivity contribution in [3.05, 3.63) is 23.8 Å². The summed E-state index contributed by atoms with van der Waals surface area (Å²) in [4.78, 5) is 14.6. The molecule has 1 aliphatic carbocycles. The second kappa shape index (κ2) is 10.6. The zero-order valence-corrected chi connectivity index (χ0v) is 17.2. The molecule has 0 unspecified atom stereocenters. The summed E-state index contributed by atoms with van der Waals surface area (Å²) in [5, 5.41) is 3.06. The normalized spacial score (nSPS) is 20.2. The smallest absolute Gasteiger partial charge is 0.317 e. The summed E-state index contributed by atoms with van der Waals surface area (Å²) in [6.45, 7) is 2.14. The number of hydrogen-bond acceptors (Lipinski definition) is 4. The minimum Gasteiger partial charge on any atom is -0.497 e. The van der Waals surface area contributed by atoms with Gasteiger partial charge in [0.05, 0.1) is 26.4 Å². The number of nitrogens with zero attached hydrogens (tertiary/aromatic N) is 1. The molecular formula is C22H34N2O4. The molecule has 1 aromatic rings. The molecule has 6 heteroatoms. The number of ether oxygens (including phenoxy) is 3. The fourth-order valence-corrected chi connectivity index (χ4v) is 4.28. The molecule has 2 fully saturated rings. The van der Waals surface area contributed by atoms with E-state index < -0.39 is 0 Å². The van der Waals surface area contributed by atoms with Gasteiger partial charge < -0.3 is 24.4 Å². The molecule has 0 bridgehead atoms. The first-order chi connectivity index (χ1) is 13.7. The quantitative estimate of drug-likeness (QED) is 0.673. The van der Waals surface area contributed by atoms with Gasteiger partial charge in [0.1, 0.15) is 11.5 Å². The summed E-state index contributed by atoms with van der Waals surface area (Å²) >= 11 is 0. The van der Waals surface area contributed by atoms with E-state index in [1.807, 2.05) is 23.1 Å². The van der Waals surface area contributed by atoms with Crippen LogP contribution in [-0.2, 0) is 4.74 Å². The van der Waals surface area contributed by atoms with Crippen LogP contribution in [0.3, 0.4) is 0 Å². The van der Waals surface area contributed by atoms with Gasteiger partial charge in [-0.2, -0.15) is 0 Å². The largest absolute Gasteiger partial charge is 0.497 e. The number of carbonyl (C=O) groups excluding carboxylic acids is 1. The number of likely N-dealkylation sites (tertiary alicyclic amines) is 1. The van der Waals surface area contributed by atoms with Crippen LogP contribution < -0.4 is 14.8 Å². The topological polar surface area (TPSA) is 60.0 Å². The summed E-state index contributed by atoms with van der Waals surface area (Å²) in [6, 6.07) is 5.85. The van der Waals surface area contributed by atoms with Gasteiger partial charge in [-0.25, -0.2) is 4.79 Å². The first-order valence-electron chi connectivity index (χ1n) is 10.6. The summed E-state index contributed by atoms with van der Waals surface area (Å²) in [6.07, 6.45) is 9.50. The molecule has 0 radical (unpaired) electrons. The van der Waals surface area contributed by atoms with Crippen molar-refractivity contribution in [2.24, 2.45) is 0 Å². The van der Waals surface area contributed by atoms with Crippen molar-refractivity contribution in [3.8, 4) is 11.5 Å². The third-order valence-corrected chi connectivity index (χ3v) is 5.82. The van der Waals surface area contributed by atoms with E-state index in [1.165, 1.54) is 32.1 Å². The van der Waals surface area contributed by atoms with Gasteiger partial charge in [0.25, 0.3) is 0 Å². The van der Waals surface area contributed by atoms with Crippen LogP contribution in [-0.4, -0.2) is 51.0 Å². The molecule has 6 nitrogen and oxygen atoms in total. The molecule has 1 saturated carbocycles. The number of methoxy groups -OCH3 is 2. The average Bonchev–Trinajstić information content (AvgIpc) is 3.23. The molecule has 1 N–H and O–H groups in total. The summed E-state index contributed by atoms with van der Waals surface area (Å²) in [5.74, 6) is 1.53. The first kappa shape index (κ1) is 20.8. The number of hydrogen-bond donors (Lipinski definition) is 1. The van der Waals surface area contributed by atoms with Crippen LogP contribution in [0.5, 0.6) is 11.5 Å². The van der Waals surface area contributed by atoms with E-state index in [4.69, 9.17) is 14.2 Å². The predicted molar refractivity (Wildman–Crippen MR) is 109 cm³/mol. The first-order valence-corrected chi connectivity index (χ1v) is 10.6. The lowest BCUT2D eigenvalue weighted by atomic mass is 9.98. The Hall–Kier alpha value is -1.95. The van der Waals surface area contributed by atoms with Gasteiger partial charge >= 0.3 is 6.03 Å². The monoisotopic (exact) mass is 390 g/mol. The Kier molecular flexibility index (Phi) is 7.83. The third-order valence-electron chi connectivity index (χ3n) is 5.82. The highest BCUT2D eigenvalue weighted by atomic mass is 16.5. The molecule has 1 heterocycles. The standard InChI is InChI=1S/C22H34N2O4/c1-26-18-11-12-19(21(16-18)27-2)20-10-6-14-24(20)22(25)23-13-7-15-28-17-8-4-3-5-9-17/h11-12,16-17,20H,3-10,13-15H2,1-2H3,(H,23,25)/t20-/m0/s1. The maximum atomic E-state index is 12.7. The van der Waals surface area contributed by atoms with Crippen LogP contribution in [0.25, 0.3) is 0 Å². The Morgan fingerprint density at radius 1 is 1.11 bits per heavy atom. The number of urea groups is 1. The van der Waals surface area contributed by atoms with E-state index >= 15 is 0 Å². The Balaban J connectivity index is 1.48. The van der Waals surface area contributed by atoms with Crippen molar-refractivity contribution >= 4 is 6.03 Å². The lowest BCUT2D eigenvalue weighted by Crippen LogP contribution is -2.40. The van der Waals surface area contributed by atoms with Crippen LogP contribution in [0.1, 0.15) is 63.0 Å². The van der Waals surface area contributed by atoms with Crippen molar-refractivity contribution in [2.45, 2.75) is 63.5 Å². The van der Waals surface area contributed by atoms with E-state index in [0.717, 1.165) is 49.5 Å². The van der Waals surface area contributed by atoms with E-state index in [9.17, 15) is 4.79 Å². The Morgan fingerprint density at radius 3 is 2.68 bits per heavy atom. The Bertz CT molecular complexity index is 631. The number of benzene rings is 1. The van der Waals surface area contributed by atoms with Crippen LogP contribution in [0.4, 0.5) is 4.79 Å². The predicted octanol–water partition coefficient (Wildman–Crippen LogP) is 4.29. The second-order valence-corrected chi connectivity index (χ2v) is 7.68. The van der Waals surface area contributed by atoms with Crippen molar-refractivity contribution < 1.29 is 19.0 Å². The van der Waals surface area contributed by atoms with E-state index in [-0.39, 0.29) is 12.1 Å². The molecule has 3 rings (SSSR count). The van der Waals surface area contributed by atoms with Crippen molar-refractivity contribution in [3.63, 3.8) is 0 Å². The molecule has 1 atom stereocenters. The van der Waals surface area contributed by atoms with Crippen molar-refractivity contribution in [2.75, 3.05) is 33.9 Å². The minimum absolute atomic E-state index is 0.00182. The molecule has 1 aromatic carbocycles. The SMILES string of the molecule is COc1ccc([C@@H]2CCCN2C(=O)NCCCOC2CCCCC2)c(OC)c1. The third kappa shape index (κ3) is 5.31.